The first-order valence-electron chi connectivity index (χ1n) is 6.83. The zero-order valence-corrected chi connectivity index (χ0v) is 13.4. The lowest BCUT2D eigenvalue weighted by atomic mass is 10.2. The summed E-state index contributed by atoms with van der Waals surface area (Å²) in [5.41, 5.74) is 2.25. The Bertz CT molecular complexity index is 568. The second kappa shape index (κ2) is 8.29. The molecule has 0 atom stereocenters. The second-order valence-corrected chi connectivity index (χ2v) is 6.16. The van der Waals surface area contributed by atoms with E-state index in [2.05, 4.69) is 21.8 Å². The normalized spacial score (nSPS) is 11.0. The van der Waals surface area contributed by atoms with Crippen LogP contribution in [0.2, 0.25) is 5.02 Å². The molecule has 0 saturated heterocycles. The summed E-state index contributed by atoms with van der Waals surface area (Å²) < 4.78 is 0. The molecule has 0 saturated carbocycles. The lowest BCUT2D eigenvalue weighted by molar-refractivity contribution is 0.202. The van der Waals surface area contributed by atoms with Crippen LogP contribution in [0.1, 0.15) is 16.3 Å². The first kappa shape index (κ1) is 16.2. The third-order valence-corrected chi connectivity index (χ3v) is 4.21. The minimum atomic E-state index is 0.148. The van der Waals surface area contributed by atoms with Gasteiger partial charge in [-0.2, -0.15) is 0 Å². The van der Waals surface area contributed by atoms with Crippen LogP contribution < -0.4 is 0 Å². The SMILES string of the molecule is C=CCN(CCO)Cc1csc(Cc2ccc(Cl)cc2)n1. The Hall–Kier alpha value is -1.20. The van der Waals surface area contributed by atoms with Crippen LogP contribution in [0.15, 0.2) is 42.3 Å². The first-order chi connectivity index (χ1) is 10.2. The molecular weight excluding hydrogens is 304 g/mol. The second-order valence-electron chi connectivity index (χ2n) is 4.78. The maximum absolute atomic E-state index is 9.06. The van der Waals surface area contributed by atoms with E-state index in [-0.39, 0.29) is 6.61 Å². The average molecular weight is 323 g/mol. The molecule has 2 rings (SSSR count). The van der Waals surface area contributed by atoms with E-state index in [0.717, 1.165) is 35.2 Å². The highest BCUT2D eigenvalue weighted by atomic mass is 35.5. The molecule has 1 aromatic heterocycles. The third kappa shape index (κ3) is 5.25. The summed E-state index contributed by atoms with van der Waals surface area (Å²) in [6.07, 6.45) is 2.67. The molecule has 21 heavy (non-hydrogen) atoms. The number of hydrogen-bond acceptors (Lipinski definition) is 4. The Morgan fingerprint density at radius 1 is 1.33 bits per heavy atom. The topological polar surface area (TPSA) is 36.4 Å². The summed E-state index contributed by atoms with van der Waals surface area (Å²) in [5.74, 6) is 0. The Morgan fingerprint density at radius 3 is 2.76 bits per heavy atom. The van der Waals surface area contributed by atoms with Crippen molar-refractivity contribution in [3.8, 4) is 0 Å². The third-order valence-electron chi connectivity index (χ3n) is 3.06. The zero-order chi connectivity index (χ0) is 15.1. The smallest absolute Gasteiger partial charge is 0.0972 e. The number of thiazole rings is 1. The van der Waals surface area contributed by atoms with Crippen molar-refractivity contribution in [2.24, 2.45) is 0 Å². The van der Waals surface area contributed by atoms with Crippen LogP contribution in [0, 0.1) is 0 Å². The van der Waals surface area contributed by atoms with Gasteiger partial charge in [-0.3, -0.25) is 4.90 Å². The molecule has 1 N–H and O–H groups in total. The summed E-state index contributed by atoms with van der Waals surface area (Å²) in [6.45, 7) is 6.02. The number of nitrogens with zero attached hydrogens (tertiary/aromatic N) is 2. The van der Waals surface area contributed by atoms with Gasteiger partial charge in [-0.05, 0) is 17.7 Å². The van der Waals surface area contributed by atoms with Crippen LogP contribution in [-0.2, 0) is 13.0 Å². The van der Waals surface area contributed by atoms with Crippen LogP contribution >= 0.6 is 22.9 Å². The summed E-state index contributed by atoms with van der Waals surface area (Å²) in [7, 11) is 0. The van der Waals surface area contributed by atoms with E-state index in [4.69, 9.17) is 16.7 Å². The molecule has 2 aromatic rings. The van der Waals surface area contributed by atoms with Gasteiger partial charge in [0.25, 0.3) is 0 Å². The van der Waals surface area contributed by atoms with Gasteiger partial charge < -0.3 is 5.11 Å². The number of rotatable bonds is 8. The molecule has 0 unspecified atom stereocenters. The van der Waals surface area contributed by atoms with Gasteiger partial charge in [-0.15, -0.1) is 17.9 Å². The van der Waals surface area contributed by atoms with E-state index in [9.17, 15) is 0 Å². The van der Waals surface area contributed by atoms with Crippen LogP contribution in [0.3, 0.4) is 0 Å². The van der Waals surface area contributed by atoms with Crippen molar-refractivity contribution >= 4 is 22.9 Å². The quantitative estimate of drug-likeness (QED) is 0.757. The molecule has 0 spiro atoms. The van der Waals surface area contributed by atoms with E-state index in [1.807, 2.05) is 30.3 Å². The highest BCUT2D eigenvalue weighted by Gasteiger charge is 2.08. The van der Waals surface area contributed by atoms with Gasteiger partial charge in [-0.25, -0.2) is 4.98 Å². The van der Waals surface area contributed by atoms with Crippen LogP contribution in [0.25, 0.3) is 0 Å². The molecule has 0 aliphatic carbocycles. The van der Waals surface area contributed by atoms with Crippen molar-refractivity contribution in [3.05, 3.63) is 63.6 Å². The number of halogens is 1. The summed E-state index contributed by atoms with van der Waals surface area (Å²) in [5, 5.41) is 13.0. The van der Waals surface area contributed by atoms with E-state index in [1.165, 1.54) is 5.56 Å². The zero-order valence-electron chi connectivity index (χ0n) is 11.8. The van der Waals surface area contributed by atoms with Crippen LogP contribution in [-0.4, -0.2) is 34.7 Å². The Balaban J connectivity index is 1.97. The van der Waals surface area contributed by atoms with Crippen molar-refractivity contribution < 1.29 is 5.11 Å². The number of benzene rings is 1. The number of aliphatic hydroxyl groups excluding tert-OH is 1. The lowest BCUT2D eigenvalue weighted by Gasteiger charge is -2.17. The molecule has 3 nitrogen and oxygen atoms in total. The number of hydrogen-bond donors (Lipinski definition) is 1. The van der Waals surface area contributed by atoms with E-state index >= 15 is 0 Å². The molecular formula is C16H19ClN2OS. The van der Waals surface area contributed by atoms with E-state index < -0.39 is 0 Å². The standard InChI is InChI=1S/C16H19ClN2OS/c1-2-7-19(8-9-20)11-15-12-21-16(18-15)10-13-3-5-14(17)6-4-13/h2-6,12,20H,1,7-11H2. The number of aliphatic hydroxyl groups is 1. The molecule has 0 aliphatic rings. The fourth-order valence-corrected chi connectivity index (χ4v) is 3.01. The first-order valence-corrected chi connectivity index (χ1v) is 8.09. The lowest BCUT2D eigenvalue weighted by Crippen LogP contribution is -2.26. The van der Waals surface area contributed by atoms with Gasteiger partial charge >= 0.3 is 0 Å². The van der Waals surface area contributed by atoms with Gasteiger partial charge in [0.15, 0.2) is 0 Å². The Labute approximate surface area is 134 Å². The maximum Gasteiger partial charge on any atom is 0.0972 e. The molecule has 0 fully saturated rings. The molecule has 0 amide bonds. The summed E-state index contributed by atoms with van der Waals surface area (Å²) in [4.78, 5) is 6.78. The Morgan fingerprint density at radius 2 is 2.10 bits per heavy atom. The van der Waals surface area contributed by atoms with Crippen molar-refractivity contribution in [2.75, 3.05) is 19.7 Å². The molecule has 1 aromatic carbocycles. The van der Waals surface area contributed by atoms with Crippen molar-refractivity contribution in [2.45, 2.75) is 13.0 Å². The number of aromatic nitrogens is 1. The highest BCUT2D eigenvalue weighted by molar-refractivity contribution is 7.09. The highest BCUT2D eigenvalue weighted by Crippen LogP contribution is 2.17. The van der Waals surface area contributed by atoms with Gasteiger partial charge in [-0.1, -0.05) is 29.8 Å². The van der Waals surface area contributed by atoms with Crippen molar-refractivity contribution in [1.82, 2.24) is 9.88 Å². The van der Waals surface area contributed by atoms with E-state index in [1.54, 1.807) is 11.3 Å². The van der Waals surface area contributed by atoms with E-state index in [0.29, 0.717) is 6.54 Å². The maximum atomic E-state index is 9.06. The summed E-state index contributed by atoms with van der Waals surface area (Å²) >= 11 is 7.56. The van der Waals surface area contributed by atoms with Crippen molar-refractivity contribution in [1.29, 1.82) is 0 Å². The molecule has 1 heterocycles. The predicted octanol–water partition coefficient (Wildman–Crippen LogP) is 3.37. The van der Waals surface area contributed by atoms with Crippen LogP contribution in [0.5, 0.6) is 0 Å². The van der Waals surface area contributed by atoms with Gasteiger partial charge in [0.1, 0.15) is 0 Å². The molecule has 0 bridgehead atoms. The fraction of sp³-hybridized carbons (Fsp3) is 0.312. The van der Waals surface area contributed by atoms with Crippen LogP contribution in [0.4, 0.5) is 0 Å². The van der Waals surface area contributed by atoms with Gasteiger partial charge in [0.05, 0.1) is 17.3 Å². The predicted molar refractivity (Wildman–Crippen MR) is 88.9 cm³/mol. The minimum Gasteiger partial charge on any atom is -0.395 e. The monoisotopic (exact) mass is 322 g/mol. The van der Waals surface area contributed by atoms with Gasteiger partial charge in [0.2, 0.25) is 0 Å². The van der Waals surface area contributed by atoms with Crippen molar-refractivity contribution in [3.63, 3.8) is 0 Å². The summed E-state index contributed by atoms with van der Waals surface area (Å²) in [6, 6.07) is 7.86. The molecule has 0 radical (unpaired) electrons. The average Bonchev–Trinajstić information content (AvgIpc) is 2.89. The largest absolute Gasteiger partial charge is 0.395 e. The van der Waals surface area contributed by atoms with Gasteiger partial charge in [0, 0.05) is 36.5 Å². The molecule has 5 heteroatoms. The molecule has 0 aliphatic heterocycles. The fourth-order valence-electron chi connectivity index (χ4n) is 2.07. The molecule has 112 valence electrons. The minimum absolute atomic E-state index is 0.148. The Kier molecular flexibility index (Phi) is 6.39.